The van der Waals surface area contributed by atoms with Crippen LogP contribution in [0.4, 0.5) is 10.1 Å². The molecule has 0 fully saturated rings. The fourth-order valence-corrected chi connectivity index (χ4v) is 3.57. The van der Waals surface area contributed by atoms with Gasteiger partial charge in [-0.2, -0.15) is 4.98 Å². The maximum atomic E-state index is 14.0. The second-order valence-electron chi connectivity index (χ2n) is 6.02. The van der Waals surface area contributed by atoms with Gasteiger partial charge in [-0.3, -0.25) is 9.69 Å². The molecule has 6 nitrogen and oxygen atoms in total. The lowest BCUT2D eigenvalue weighted by molar-refractivity contribution is -0.118. The number of hydrogen-bond acceptors (Lipinski definition) is 6. The van der Waals surface area contributed by atoms with E-state index < -0.39 is 12.0 Å². The van der Waals surface area contributed by atoms with Crippen molar-refractivity contribution in [3.8, 4) is 17.1 Å². The van der Waals surface area contributed by atoms with Gasteiger partial charge in [0, 0.05) is 22.5 Å². The number of ether oxygens (including phenoxy) is 1. The normalized spacial score (nSPS) is 15.3. The summed E-state index contributed by atoms with van der Waals surface area (Å²) < 4.78 is 21.1. The van der Waals surface area contributed by atoms with Gasteiger partial charge in [-0.15, -0.1) is 10.2 Å². The molecule has 3 aromatic rings. The monoisotopic (exact) mass is 460 g/mol. The Hall–Kier alpha value is -2.52. The van der Waals surface area contributed by atoms with E-state index in [1.807, 2.05) is 30.5 Å². The summed E-state index contributed by atoms with van der Waals surface area (Å²) in [5, 5.41) is 8.67. The summed E-state index contributed by atoms with van der Waals surface area (Å²) in [5.74, 6) is -0.513. The molecule has 0 N–H and O–H groups in total. The van der Waals surface area contributed by atoms with E-state index in [2.05, 4.69) is 31.1 Å². The third-order valence-corrected chi connectivity index (χ3v) is 5.31. The molecule has 1 aliphatic rings. The Labute approximate surface area is 173 Å². The molecule has 4 rings (SSSR count). The van der Waals surface area contributed by atoms with E-state index in [1.165, 1.54) is 35.7 Å². The van der Waals surface area contributed by atoms with Crippen LogP contribution in [0.15, 0.2) is 52.1 Å². The topological polar surface area (TPSA) is 68.2 Å². The molecule has 1 aliphatic heterocycles. The van der Waals surface area contributed by atoms with Gasteiger partial charge in [0.2, 0.25) is 23.2 Å². The predicted octanol–water partition coefficient (Wildman–Crippen LogP) is 4.61. The summed E-state index contributed by atoms with van der Waals surface area (Å²) >= 11 is 4.72. The number of halogens is 2. The minimum Gasteiger partial charge on any atom is -0.447 e. The largest absolute Gasteiger partial charge is 0.447 e. The van der Waals surface area contributed by atoms with Crippen molar-refractivity contribution in [1.29, 1.82) is 0 Å². The SMILES string of the molecule is CSc1nnc2c(n1)O[C@H](c1ccc(Br)cc1)N(C(C)=O)c1ccc(F)cc1-2. The molecule has 0 radical (unpaired) electrons. The molecule has 28 heavy (non-hydrogen) atoms. The highest BCUT2D eigenvalue weighted by atomic mass is 79.9. The van der Waals surface area contributed by atoms with Crippen LogP contribution in [0.3, 0.4) is 0 Å². The van der Waals surface area contributed by atoms with Crippen LogP contribution in [0, 0.1) is 5.82 Å². The fourth-order valence-electron chi connectivity index (χ4n) is 3.01. The van der Waals surface area contributed by atoms with Gasteiger partial charge >= 0.3 is 0 Å². The number of hydrogen-bond donors (Lipinski definition) is 0. The van der Waals surface area contributed by atoms with Gasteiger partial charge in [0.1, 0.15) is 5.82 Å². The average Bonchev–Trinajstić information content (AvgIpc) is 2.82. The first kappa shape index (κ1) is 18.8. The first-order valence-electron chi connectivity index (χ1n) is 8.28. The number of carbonyl (C=O) groups is 1. The number of benzene rings is 2. The molecular formula is C19H14BrFN4O2S. The Bertz CT molecular complexity index is 1060. The lowest BCUT2D eigenvalue weighted by atomic mass is 10.1. The maximum absolute atomic E-state index is 14.0. The van der Waals surface area contributed by atoms with Crippen molar-refractivity contribution in [3.63, 3.8) is 0 Å². The van der Waals surface area contributed by atoms with E-state index in [0.717, 1.165) is 10.0 Å². The maximum Gasteiger partial charge on any atom is 0.247 e. The van der Waals surface area contributed by atoms with Crippen molar-refractivity contribution < 1.29 is 13.9 Å². The third kappa shape index (κ3) is 3.35. The van der Waals surface area contributed by atoms with Crippen LogP contribution >= 0.6 is 27.7 Å². The van der Waals surface area contributed by atoms with Crippen LogP contribution in [0.5, 0.6) is 5.88 Å². The summed E-state index contributed by atoms with van der Waals surface area (Å²) in [6.45, 7) is 1.44. The molecule has 0 bridgehead atoms. The lowest BCUT2D eigenvalue weighted by Gasteiger charge is -2.29. The molecule has 0 saturated heterocycles. The second kappa shape index (κ2) is 7.48. The molecule has 1 aromatic heterocycles. The number of aromatic nitrogens is 3. The van der Waals surface area contributed by atoms with Gasteiger partial charge in [-0.25, -0.2) is 4.39 Å². The highest BCUT2D eigenvalue weighted by molar-refractivity contribution is 9.10. The summed E-state index contributed by atoms with van der Waals surface area (Å²) in [6, 6.07) is 11.6. The van der Waals surface area contributed by atoms with E-state index in [1.54, 1.807) is 6.07 Å². The van der Waals surface area contributed by atoms with E-state index in [4.69, 9.17) is 4.74 Å². The van der Waals surface area contributed by atoms with Crippen LogP contribution in [0.25, 0.3) is 11.3 Å². The zero-order valence-electron chi connectivity index (χ0n) is 14.9. The number of nitrogens with zero attached hydrogens (tertiary/aromatic N) is 4. The highest BCUT2D eigenvalue weighted by Gasteiger charge is 2.34. The quantitative estimate of drug-likeness (QED) is 0.520. The van der Waals surface area contributed by atoms with Crippen LogP contribution in [0.1, 0.15) is 18.7 Å². The van der Waals surface area contributed by atoms with Crippen LogP contribution in [-0.4, -0.2) is 27.3 Å². The summed E-state index contributed by atoms with van der Waals surface area (Å²) in [7, 11) is 0. The number of anilines is 1. The van der Waals surface area contributed by atoms with Crippen molar-refractivity contribution >= 4 is 39.3 Å². The average molecular weight is 461 g/mol. The van der Waals surface area contributed by atoms with E-state index in [0.29, 0.717) is 16.4 Å². The number of amides is 1. The second-order valence-corrected chi connectivity index (χ2v) is 7.71. The number of thioether (sulfide) groups is 1. The number of fused-ring (bicyclic) bond motifs is 3. The Morgan fingerprint density at radius 2 is 1.96 bits per heavy atom. The lowest BCUT2D eigenvalue weighted by Crippen LogP contribution is -2.36. The van der Waals surface area contributed by atoms with Crippen molar-refractivity contribution in [2.75, 3.05) is 11.2 Å². The Morgan fingerprint density at radius 1 is 1.21 bits per heavy atom. The zero-order chi connectivity index (χ0) is 19.8. The molecule has 2 heterocycles. The van der Waals surface area contributed by atoms with Crippen LogP contribution in [-0.2, 0) is 4.79 Å². The minimum atomic E-state index is -0.789. The van der Waals surface area contributed by atoms with Crippen molar-refractivity contribution in [2.45, 2.75) is 18.3 Å². The highest BCUT2D eigenvalue weighted by Crippen LogP contribution is 2.43. The first-order valence-corrected chi connectivity index (χ1v) is 10.3. The predicted molar refractivity (Wildman–Crippen MR) is 108 cm³/mol. The molecule has 1 atom stereocenters. The number of rotatable bonds is 2. The van der Waals surface area contributed by atoms with Gasteiger partial charge in [0.15, 0.2) is 5.69 Å². The molecule has 2 aromatic carbocycles. The van der Waals surface area contributed by atoms with Gasteiger partial charge in [-0.1, -0.05) is 39.8 Å². The van der Waals surface area contributed by atoms with Crippen molar-refractivity contribution in [2.24, 2.45) is 0 Å². The molecule has 0 aliphatic carbocycles. The summed E-state index contributed by atoms with van der Waals surface area (Å²) in [5.41, 5.74) is 1.91. The molecule has 0 unspecified atom stereocenters. The van der Waals surface area contributed by atoms with Crippen LogP contribution < -0.4 is 9.64 Å². The van der Waals surface area contributed by atoms with Gasteiger partial charge in [0.25, 0.3) is 0 Å². The fraction of sp³-hybridized carbons (Fsp3) is 0.158. The van der Waals surface area contributed by atoms with Crippen molar-refractivity contribution in [1.82, 2.24) is 15.2 Å². The molecule has 0 spiro atoms. The minimum absolute atomic E-state index is 0.197. The summed E-state index contributed by atoms with van der Waals surface area (Å²) in [6.07, 6.45) is 1.03. The standard InChI is InChI=1S/C19H14BrFN4O2S/c1-10(26)25-15-8-7-13(21)9-14(15)16-17(22-19(28-2)24-23-16)27-18(25)11-3-5-12(20)6-4-11/h3-9,18H,1-2H3/t18-/m1/s1. The third-order valence-electron chi connectivity index (χ3n) is 4.24. The molecule has 142 valence electrons. The van der Waals surface area contributed by atoms with Crippen LogP contribution in [0.2, 0.25) is 0 Å². The van der Waals surface area contributed by atoms with Gasteiger partial charge in [-0.05, 0) is 36.6 Å². The first-order chi connectivity index (χ1) is 13.5. The van der Waals surface area contributed by atoms with E-state index in [-0.39, 0.29) is 17.5 Å². The van der Waals surface area contributed by atoms with E-state index >= 15 is 0 Å². The molecule has 0 saturated carbocycles. The Balaban J connectivity index is 1.98. The van der Waals surface area contributed by atoms with Gasteiger partial charge in [0.05, 0.1) is 5.69 Å². The summed E-state index contributed by atoms with van der Waals surface area (Å²) in [4.78, 5) is 18.5. The molecule has 1 amide bonds. The van der Waals surface area contributed by atoms with E-state index in [9.17, 15) is 9.18 Å². The zero-order valence-corrected chi connectivity index (χ0v) is 17.3. The smallest absolute Gasteiger partial charge is 0.247 e. The van der Waals surface area contributed by atoms with Gasteiger partial charge < -0.3 is 4.74 Å². The molecular weight excluding hydrogens is 447 g/mol. The Morgan fingerprint density at radius 3 is 2.64 bits per heavy atom. The Kier molecular flexibility index (Phi) is 5.03. The number of carbonyl (C=O) groups excluding carboxylic acids is 1. The molecule has 9 heteroatoms. The van der Waals surface area contributed by atoms with Crippen molar-refractivity contribution in [3.05, 3.63) is 58.3 Å².